The summed E-state index contributed by atoms with van der Waals surface area (Å²) in [6.45, 7) is 2.15. The molecular weight excluding hydrogens is 452 g/mol. The molecule has 34 heavy (non-hydrogen) atoms. The normalized spacial score (nSPS) is 23.6. The Labute approximate surface area is 202 Å². The van der Waals surface area contributed by atoms with Gasteiger partial charge in [-0.15, -0.1) is 0 Å². The van der Waals surface area contributed by atoms with Crippen LogP contribution in [0.5, 0.6) is 5.75 Å². The molecule has 0 spiro atoms. The first-order valence-corrected chi connectivity index (χ1v) is 13.0. The molecule has 0 aromatic heterocycles. The van der Waals surface area contributed by atoms with Gasteiger partial charge in [-0.3, -0.25) is 4.90 Å². The molecule has 2 aliphatic heterocycles. The molecule has 0 unspecified atom stereocenters. The Kier molecular flexibility index (Phi) is 7.91. The van der Waals surface area contributed by atoms with Crippen molar-refractivity contribution in [3.8, 4) is 17.6 Å². The van der Waals surface area contributed by atoms with Crippen molar-refractivity contribution in [1.82, 2.24) is 9.21 Å². The van der Waals surface area contributed by atoms with Gasteiger partial charge in [-0.25, -0.2) is 8.42 Å². The van der Waals surface area contributed by atoms with E-state index in [9.17, 15) is 13.5 Å². The van der Waals surface area contributed by atoms with Crippen LogP contribution in [0.4, 0.5) is 0 Å². The zero-order valence-corrected chi connectivity index (χ0v) is 20.5. The van der Waals surface area contributed by atoms with Crippen LogP contribution in [0.25, 0.3) is 0 Å². The van der Waals surface area contributed by atoms with Crippen LogP contribution in [-0.2, 0) is 14.8 Å². The number of rotatable bonds is 6. The predicted octanol–water partition coefficient (Wildman–Crippen LogP) is 2.31. The molecular formula is C26H32N2O5S. The van der Waals surface area contributed by atoms with Gasteiger partial charge in [0.2, 0.25) is 10.0 Å². The maximum atomic E-state index is 13.5. The minimum atomic E-state index is -3.67. The first-order valence-electron chi connectivity index (χ1n) is 11.6. The first-order chi connectivity index (χ1) is 16.5. The number of sulfonamides is 1. The average Bonchev–Trinajstić information content (AvgIpc) is 2.84. The summed E-state index contributed by atoms with van der Waals surface area (Å²) in [5.41, 5.74) is 1.99. The monoisotopic (exact) mass is 484 g/mol. The summed E-state index contributed by atoms with van der Waals surface area (Å²) in [5.74, 6) is 6.59. The fourth-order valence-corrected chi connectivity index (χ4v) is 6.57. The topological polar surface area (TPSA) is 79.3 Å². The minimum absolute atomic E-state index is 0.00302. The van der Waals surface area contributed by atoms with E-state index >= 15 is 0 Å². The zero-order chi connectivity index (χ0) is 24.1. The van der Waals surface area contributed by atoms with E-state index in [1.165, 1.54) is 7.11 Å². The molecule has 2 aromatic rings. The van der Waals surface area contributed by atoms with Gasteiger partial charge in [0.15, 0.2) is 0 Å². The largest absolute Gasteiger partial charge is 0.497 e. The van der Waals surface area contributed by atoms with Crippen LogP contribution in [0.15, 0.2) is 53.4 Å². The van der Waals surface area contributed by atoms with Gasteiger partial charge >= 0.3 is 0 Å². The molecule has 2 aromatic carbocycles. The molecule has 2 fully saturated rings. The summed E-state index contributed by atoms with van der Waals surface area (Å²) in [4.78, 5) is 2.51. The molecule has 3 atom stereocenters. The van der Waals surface area contributed by atoms with Crippen molar-refractivity contribution in [2.24, 2.45) is 0 Å². The third-order valence-electron chi connectivity index (χ3n) is 6.76. The van der Waals surface area contributed by atoms with Crippen LogP contribution in [0.3, 0.4) is 0 Å². The molecule has 2 saturated heterocycles. The number of ether oxygens (including phenoxy) is 2. The Hall–Kier alpha value is -2.41. The fourth-order valence-electron chi connectivity index (χ4n) is 5.04. The van der Waals surface area contributed by atoms with Gasteiger partial charge in [0.25, 0.3) is 0 Å². The van der Waals surface area contributed by atoms with Crippen LogP contribution in [0.2, 0.25) is 0 Å². The van der Waals surface area contributed by atoms with E-state index in [0.29, 0.717) is 25.4 Å². The number of hydrogen-bond acceptors (Lipinski definition) is 6. The third-order valence-corrected chi connectivity index (χ3v) is 8.62. The highest BCUT2D eigenvalue weighted by atomic mass is 32.2. The first kappa shape index (κ1) is 24.7. The van der Waals surface area contributed by atoms with Crippen molar-refractivity contribution in [1.29, 1.82) is 0 Å². The number of fused-ring (bicyclic) bond motifs is 1. The molecule has 0 saturated carbocycles. The van der Waals surface area contributed by atoms with Crippen molar-refractivity contribution in [3.63, 3.8) is 0 Å². The van der Waals surface area contributed by atoms with Crippen LogP contribution >= 0.6 is 0 Å². The van der Waals surface area contributed by atoms with Gasteiger partial charge in [-0.2, -0.15) is 4.31 Å². The van der Waals surface area contributed by atoms with Crippen molar-refractivity contribution < 1.29 is 23.0 Å². The summed E-state index contributed by atoms with van der Waals surface area (Å²) < 4.78 is 38.9. The second kappa shape index (κ2) is 10.9. The van der Waals surface area contributed by atoms with Gasteiger partial charge < -0.3 is 14.6 Å². The average molecular weight is 485 g/mol. The van der Waals surface area contributed by atoms with E-state index in [1.807, 2.05) is 24.3 Å². The number of hydrogen-bond donors (Lipinski definition) is 1. The van der Waals surface area contributed by atoms with Gasteiger partial charge in [0.1, 0.15) is 12.4 Å². The second-order valence-electron chi connectivity index (χ2n) is 8.69. The van der Waals surface area contributed by atoms with Gasteiger partial charge in [0, 0.05) is 49.8 Å². The van der Waals surface area contributed by atoms with Crippen LogP contribution in [0, 0.1) is 11.8 Å². The summed E-state index contributed by atoms with van der Waals surface area (Å²) in [7, 11) is -0.529. The number of nitrogens with zero attached hydrogens (tertiary/aromatic N) is 2. The molecule has 1 N–H and O–H groups in total. The lowest BCUT2D eigenvalue weighted by Gasteiger charge is -2.57. The van der Waals surface area contributed by atoms with E-state index in [1.54, 1.807) is 35.7 Å². The summed E-state index contributed by atoms with van der Waals surface area (Å²) >= 11 is 0. The van der Waals surface area contributed by atoms with Crippen LogP contribution in [0.1, 0.15) is 29.9 Å². The van der Waals surface area contributed by atoms with Crippen molar-refractivity contribution in [3.05, 3.63) is 59.7 Å². The Morgan fingerprint density at radius 3 is 2.56 bits per heavy atom. The highest BCUT2D eigenvalue weighted by Gasteiger charge is 2.50. The smallest absolute Gasteiger partial charge is 0.243 e. The number of aliphatic hydroxyl groups excluding tert-OH is 1. The highest BCUT2D eigenvalue weighted by molar-refractivity contribution is 7.89. The molecule has 0 radical (unpaired) electrons. The molecule has 0 amide bonds. The maximum absolute atomic E-state index is 13.5. The lowest BCUT2D eigenvalue weighted by molar-refractivity contribution is -0.0553. The van der Waals surface area contributed by atoms with E-state index < -0.39 is 10.0 Å². The quantitative estimate of drug-likeness (QED) is 0.634. The summed E-state index contributed by atoms with van der Waals surface area (Å²) in [5, 5.41) is 10.2. The van der Waals surface area contributed by atoms with E-state index in [4.69, 9.17) is 9.47 Å². The maximum Gasteiger partial charge on any atom is 0.243 e. The lowest BCUT2D eigenvalue weighted by atomic mass is 9.74. The fraction of sp³-hybridized carbons (Fsp3) is 0.462. The number of methoxy groups -OCH3 is 2. The van der Waals surface area contributed by atoms with Crippen molar-refractivity contribution in [2.75, 3.05) is 47.1 Å². The lowest BCUT2D eigenvalue weighted by Crippen LogP contribution is -2.67. The second-order valence-corrected chi connectivity index (χ2v) is 10.6. The molecule has 8 heteroatoms. The Balaban J connectivity index is 1.59. The van der Waals surface area contributed by atoms with Crippen LogP contribution < -0.4 is 4.74 Å². The molecule has 2 aliphatic rings. The van der Waals surface area contributed by atoms with Gasteiger partial charge in [-0.05, 0) is 49.2 Å². The van der Waals surface area contributed by atoms with Gasteiger partial charge in [-0.1, -0.05) is 30.0 Å². The number of benzene rings is 2. The molecule has 182 valence electrons. The highest BCUT2D eigenvalue weighted by Crippen LogP contribution is 2.42. The van der Waals surface area contributed by atoms with Gasteiger partial charge in [0.05, 0.1) is 18.6 Å². The summed E-state index contributed by atoms with van der Waals surface area (Å²) in [6, 6.07) is 14.7. The Bertz CT molecular complexity index is 1140. The number of aliphatic hydroxyl groups is 1. The standard InChI is InChI=1S/C26H32N2O5S/c1-32-16-6-7-20-10-12-21(13-11-20)26-24-18-27(14-3-4-15-28(24)25(26)19-29)34(30,31)23-9-5-8-22(17-23)33-2/h5,8-13,17,24-26,29H,3-4,14-16,18-19H2,1-2H3/t24-,25+,26+/m0/s1. The van der Waals surface area contributed by atoms with E-state index in [2.05, 4.69) is 16.7 Å². The Morgan fingerprint density at radius 1 is 1.09 bits per heavy atom. The predicted molar refractivity (Wildman–Crippen MR) is 130 cm³/mol. The van der Waals surface area contributed by atoms with Crippen molar-refractivity contribution in [2.45, 2.75) is 35.7 Å². The minimum Gasteiger partial charge on any atom is -0.497 e. The molecule has 4 rings (SSSR count). The Morgan fingerprint density at radius 2 is 1.85 bits per heavy atom. The molecule has 0 aliphatic carbocycles. The van der Waals surface area contributed by atoms with Crippen LogP contribution in [-0.4, -0.2) is 81.9 Å². The molecule has 2 heterocycles. The SMILES string of the molecule is COCC#Cc1ccc([C@H]2[C@@H](CO)N3CCCCN(S(=O)(=O)c4cccc(OC)c4)C[C@@H]23)cc1. The van der Waals surface area contributed by atoms with E-state index in [0.717, 1.165) is 30.5 Å². The van der Waals surface area contributed by atoms with E-state index in [-0.39, 0.29) is 29.5 Å². The third kappa shape index (κ3) is 4.99. The molecule has 0 bridgehead atoms. The molecule has 7 nitrogen and oxygen atoms in total. The summed E-state index contributed by atoms with van der Waals surface area (Å²) in [6.07, 6.45) is 1.67. The zero-order valence-electron chi connectivity index (χ0n) is 19.7. The van der Waals surface area contributed by atoms with Crippen molar-refractivity contribution >= 4 is 10.0 Å².